The summed E-state index contributed by atoms with van der Waals surface area (Å²) in [5, 5.41) is 5.30. The second kappa shape index (κ2) is 11.2. The number of aromatic amines is 1. The van der Waals surface area contributed by atoms with Crippen LogP contribution in [0.1, 0.15) is 64.6 Å². The Morgan fingerprint density at radius 1 is 1.08 bits per heavy atom. The number of benzene rings is 1. The Kier molecular flexibility index (Phi) is 7.88. The fraction of sp³-hybridized carbons (Fsp3) is 0.593. The molecular formula is C27H38N6O4S. The highest BCUT2D eigenvalue weighted by Crippen LogP contribution is 2.35. The maximum absolute atomic E-state index is 13.6. The van der Waals surface area contributed by atoms with E-state index in [2.05, 4.69) is 16.8 Å². The van der Waals surface area contributed by atoms with Crippen LogP contribution in [0.25, 0.3) is 22.4 Å². The van der Waals surface area contributed by atoms with Gasteiger partial charge in [-0.05, 0) is 50.4 Å². The van der Waals surface area contributed by atoms with E-state index in [1.807, 2.05) is 18.5 Å². The minimum absolute atomic E-state index is 0.169. The summed E-state index contributed by atoms with van der Waals surface area (Å²) in [6.45, 7) is 9.74. The number of nitrogens with zero attached hydrogens (tertiary/aromatic N) is 5. The van der Waals surface area contributed by atoms with Crippen LogP contribution in [0.5, 0.6) is 5.75 Å². The Labute approximate surface area is 224 Å². The molecule has 0 spiro atoms. The van der Waals surface area contributed by atoms with Crippen molar-refractivity contribution in [1.29, 1.82) is 0 Å². The monoisotopic (exact) mass is 542 g/mol. The summed E-state index contributed by atoms with van der Waals surface area (Å²) in [7, 11) is -3.72. The third kappa shape index (κ3) is 4.99. The van der Waals surface area contributed by atoms with Crippen molar-refractivity contribution in [2.24, 2.45) is 0 Å². The molecule has 2 aliphatic rings. The number of sulfonamides is 1. The van der Waals surface area contributed by atoms with Crippen LogP contribution in [0.2, 0.25) is 0 Å². The zero-order valence-electron chi connectivity index (χ0n) is 22.6. The number of hydrogen-bond donors (Lipinski definition) is 1. The zero-order chi connectivity index (χ0) is 26.9. The summed E-state index contributed by atoms with van der Waals surface area (Å²) in [5.41, 5.74) is 1.48. The van der Waals surface area contributed by atoms with Crippen LogP contribution in [-0.2, 0) is 16.4 Å². The first-order valence-corrected chi connectivity index (χ1v) is 15.3. The quantitative estimate of drug-likeness (QED) is 0.440. The van der Waals surface area contributed by atoms with Gasteiger partial charge < -0.3 is 14.6 Å². The molecule has 1 saturated carbocycles. The molecule has 5 rings (SSSR count). The summed E-state index contributed by atoms with van der Waals surface area (Å²) in [5.74, 6) is 0.787. The molecular weight excluding hydrogens is 504 g/mol. The summed E-state index contributed by atoms with van der Waals surface area (Å²) < 4.78 is 36.6. The van der Waals surface area contributed by atoms with Crippen LogP contribution in [0.15, 0.2) is 27.9 Å². The topological polar surface area (TPSA) is 113 Å². The summed E-state index contributed by atoms with van der Waals surface area (Å²) in [6.07, 6.45) is 5.69. The molecule has 10 nitrogen and oxygen atoms in total. The Morgan fingerprint density at radius 3 is 2.47 bits per heavy atom. The van der Waals surface area contributed by atoms with Gasteiger partial charge in [-0.2, -0.15) is 9.40 Å². The summed E-state index contributed by atoms with van der Waals surface area (Å²) >= 11 is 0. The van der Waals surface area contributed by atoms with Gasteiger partial charge in [0.2, 0.25) is 10.0 Å². The second-order valence-corrected chi connectivity index (χ2v) is 12.1. The average Bonchev–Trinajstić information content (AvgIpc) is 3.60. The largest absolute Gasteiger partial charge is 0.493 e. The smallest absolute Gasteiger partial charge is 0.262 e. The van der Waals surface area contributed by atoms with Crippen LogP contribution in [0.4, 0.5) is 0 Å². The Bertz CT molecular complexity index is 1450. The van der Waals surface area contributed by atoms with Crippen LogP contribution < -0.4 is 10.3 Å². The zero-order valence-corrected chi connectivity index (χ0v) is 23.4. The molecule has 2 fully saturated rings. The first-order chi connectivity index (χ1) is 18.4. The van der Waals surface area contributed by atoms with Crippen molar-refractivity contribution in [2.75, 3.05) is 39.3 Å². The highest BCUT2D eigenvalue weighted by molar-refractivity contribution is 7.89. The van der Waals surface area contributed by atoms with Crippen LogP contribution in [0.3, 0.4) is 0 Å². The maximum atomic E-state index is 13.6. The van der Waals surface area contributed by atoms with E-state index in [-0.39, 0.29) is 16.5 Å². The van der Waals surface area contributed by atoms with Crippen molar-refractivity contribution in [3.63, 3.8) is 0 Å². The highest BCUT2D eigenvalue weighted by atomic mass is 32.2. The molecule has 1 aromatic carbocycles. The van der Waals surface area contributed by atoms with Crippen molar-refractivity contribution >= 4 is 21.1 Å². The van der Waals surface area contributed by atoms with Gasteiger partial charge in [0.25, 0.3) is 5.56 Å². The van der Waals surface area contributed by atoms with Crippen molar-refractivity contribution in [1.82, 2.24) is 29.0 Å². The third-order valence-electron chi connectivity index (χ3n) is 7.72. The number of aromatic nitrogens is 4. The lowest BCUT2D eigenvalue weighted by Crippen LogP contribution is -2.48. The number of likely N-dealkylation sites (N-methyl/N-ethyl adjacent to an activating group) is 1. The van der Waals surface area contributed by atoms with E-state index in [9.17, 15) is 13.2 Å². The van der Waals surface area contributed by atoms with Gasteiger partial charge in [0.1, 0.15) is 17.0 Å². The van der Waals surface area contributed by atoms with Crippen LogP contribution in [0, 0.1) is 0 Å². The van der Waals surface area contributed by atoms with E-state index >= 15 is 0 Å². The predicted octanol–water partition coefficient (Wildman–Crippen LogP) is 3.58. The van der Waals surface area contributed by atoms with E-state index in [1.165, 1.54) is 4.31 Å². The van der Waals surface area contributed by atoms with Gasteiger partial charge in [0.05, 0.1) is 28.8 Å². The Hall–Kier alpha value is -2.76. The minimum Gasteiger partial charge on any atom is -0.493 e. The molecule has 0 bridgehead atoms. The lowest BCUT2D eigenvalue weighted by molar-refractivity contribution is 0.196. The number of piperazine rings is 1. The van der Waals surface area contributed by atoms with E-state index in [0.29, 0.717) is 67.4 Å². The van der Waals surface area contributed by atoms with Gasteiger partial charge in [0.15, 0.2) is 5.65 Å². The number of rotatable bonds is 9. The molecule has 0 radical (unpaired) electrons. The van der Waals surface area contributed by atoms with Crippen molar-refractivity contribution in [2.45, 2.75) is 70.2 Å². The van der Waals surface area contributed by atoms with E-state index in [0.717, 1.165) is 44.3 Å². The summed E-state index contributed by atoms with van der Waals surface area (Å²) in [4.78, 5) is 23.6. The van der Waals surface area contributed by atoms with Gasteiger partial charge in [0, 0.05) is 26.2 Å². The summed E-state index contributed by atoms with van der Waals surface area (Å²) in [6, 6.07) is 5.07. The number of ether oxygens (including phenoxy) is 1. The van der Waals surface area contributed by atoms with Crippen LogP contribution >= 0.6 is 0 Å². The number of H-pyrrole nitrogens is 1. The number of aryl methyl sites for hydroxylation is 1. The standard InChI is InChI=1S/C27H38N6O4S/c1-4-17-37-23-12-11-20(38(35,36)32-15-13-31(6-3)14-16-32)18-21(23)25-28-26-24(27(34)29-25)22(5-2)30-33(26)19-9-7-8-10-19/h11-12,18-19H,4-10,13-17H2,1-3H3,(H,28,29,34). The molecule has 11 heteroatoms. The predicted molar refractivity (Wildman–Crippen MR) is 147 cm³/mol. The van der Waals surface area contributed by atoms with E-state index < -0.39 is 10.0 Å². The van der Waals surface area contributed by atoms with Crippen molar-refractivity contribution in [3.05, 3.63) is 34.2 Å². The molecule has 1 saturated heterocycles. The molecule has 206 valence electrons. The minimum atomic E-state index is -3.72. The van der Waals surface area contributed by atoms with Gasteiger partial charge in [-0.15, -0.1) is 0 Å². The first kappa shape index (κ1) is 26.8. The van der Waals surface area contributed by atoms with Gasteiger partial charge in [-0.25, -0.2) is 18.1 Å². The lowest BCUT2D eigenvalue weighted by atomic mass is 10.1. The Balaban J connectivity index is 1.61. The van der Waals surface area contributed by atoms with Crippen molar-refractivity contribution < 1.29 is 13.2 Å². The maximum Gasteiger partial charge on any atom is 0.262 e. The van der Waals surface area contributed by atoms with Gasteiger partial charge >= 0.3 is 0 Å². The fourth-order valence-corrected chi connectivity index (χ4v) is 6.97. The Morgan fingerprint density at radius 2 is 1.82 bits per heavy atom. The van der Waals surface area contributed by atoms with Crippen molar-refractivity contribution in [3.8, 4) is 17.1 Å². The molecule has 0 unspecified atom stereocenters. The number of hydrogen-bond acceptors (Lipinski definition) is 7. The SMILES string of the molecule is CCCOc1ccc(S(=O)(=O)N2CCN(CC)CC2)cc1-c1nc2c(c(CC)nn2C2CCCC2)c(=O)[nH]1. The molecule has 1 N–H and O–H groups in total. The molecule has 38 heavy (non-hydrogen) atoms. The molecule has 0 amide bonds. The first-order valence-electron chi connectivity index (χ1n) is 13.9. The lowest BCUT2D eigenvalue weighted by Gasteiger charge is -2.33. The molecule has 1 aliphatic carbocycles. The highest BCUT2D eigenvalue weighted by Gasteiger charge is 2.30. The third-order valence-corrected chi connectivity index (χ3v) is 9.62. The molecule has 2 aromatic heterocycles. The normalized spacial score (nSPS) is 18.0. The number of nitrogens with one attached hydrogen (secondary N) is 1. The van der Waals surface area contributed by atoms with E-state index in [1.54, 1.807) is 18.2 Å². The van der Waals surface area contributed by atoms with Gasteiger partial charge in [-0.3, -0.25) is 4.79 Å². The van der Waals surface area contributed by atoms with Crippen LogP contribution in [-0.4, -0.2) is 76.7 Å². The molecule has 0 atom stereocenters. The van der Waals surface area contributed by atoms with Gasteiger partial charge in [-0.1, -0.05) is 33.6 Å². The number of fused-ring (bicyclic) bond motifs is 1. The molecule has 1 aliphatic heterocycles. The fourth-order valence-electron chi connectivity index (χ4n) is 5.52. The molecule has 3 aromatic rings. The second-order valence-electron chi connectivity index (χ2n) is 10.1. The average molecular weight is 543 g/mol. The van der Waals surface area contributed by atoms with E-state index in [4.69, 9.17) is 14.8 Å². The molecule has 3 heterocycles.